The SMILES string of the molecule is CCCOc1ncccc1CNC(=NC)NCCCN1CCCCC1C. The quantitative estimate of drug-likeness (QED) is 0.402. The molecular formula is C20H35N5O. The van der Waals surface area contributed by atoms with Crippen LogP contribution in [-0.4, -0.2) is 55.2 Å². The second-order valence-electron chi connectivity index (χ2n) is 6.90. The summed E-state index contributed by atoms with van der Waals surface area (Å²) in [4.78, 5) is 11.2. The van der Waals surface area contributed by atoms with Gasteiger partial charge in [-0.25, -0.2) is 4.98 Å². The van der Waals surface area contributed by atoms with Gasteiger partial charge in [0.05, 0.1) is 6.61 Å². The first-order valence-electron chi connectivity index (χ1n) is 9.99. The lowest BCUT2D eigenvalue weighted by Gasteiger charge is -2.33. The van der Waals surface area contributed by atoms with Gasteiger partial charge in [-0.15, -0.1) is 0 Å². The van der Waals surface area contributed by atoms with Gasteiger partial charge >= 0.3 is 0 Å². The number of pyridine rings is 1. The van der Waals surface area contributed by atoms with E-state index in [9.17, 15) is 0 Å². The molecule has 1 aromatic heterocycles. The Morgan fingerprint density at radius 1 is 1.38 bits per heavy atom. The third-order valence-electron chi connectivity index (χ3n) is 4.82. The van der Waals surface area contributed by atoms with Crippen LogP contribution in [-0.2, 0) is 6.54 Å². The Bertz CT molecular complexity index is 549. The van der Waals surface area contributed by atoms with Gasteiger partial charge in [-0.3, -0.25) is 4.99 Å². The summed E-state index contributed by atoms with van der Waals surface area (Å²) < 4.78 is 5.71. The second-order valence-corrected chi connectivity index (χ2v) is 6.90. The van der Waals surface area contributed by atoms with Crippen molar-refractivity contribution in [1.82, 2.24) is 20.5 Å². The zero-order chi connectivity index (χ0) is 18.6. The summed E-state index contributed by atoms with van der Waals surface area (Å²) in [5.74, 6) is 1.53. The van der Waals surface area contributed by atoms with Crippen molar-refractivity contribution in [2.75, 3.05) is 33.3 Å². The molecule has 1 saturated heterocycles. The lowest BCUT2D eigenvalue weighted by atomic mass is 10.0. The molecule has 0 aliphatic carbocycles. The van der Waals surface area contributed by atoms with E-state index in [0.717, 1.165) is 43.5 Å². The van der Waals surface area contributed by atoms with Gasteiger partial charge < -0.3 is 20.3 Å². The number of hydrogen-bond acceptors (Lipinski definition) is 4. The molecule has 146 valence electrons. The molecule has 6 heteroatoms. The number of nitrogens with one attached hydrogen (secondary N) is 2. The van der Waals surface area contributed by atoms with Gasteiger partial charge in [-0.2, -0.15) is 0 Å². The maximum absolute atomic E-state index is 5.71. The number of rotatable bonds is 9. The van der Waals surface area contributed by atoms with E-state index >= 15 is 0 Å². The van der Waals surface area contributed by atoms with Gasteiger partial charge in [0.25, 0.3) is 0 Å². The Hall–Kier alpha value is -1.82. The van der Waals surface area contributed by atoms with Gasteiger partial charge in [0.2, 0.25) is 5.88 Å². The zero-order valence-corrected chi connectivity index (χ0v) is 16.6. The van der Waals surface area contributed by atoms with Crippen LogP contribution >= 0.6 is 0 Å². The fourth-order valence-electron chi connectivity index (χ4n) is 3.27. The predicted octanol–water partition coefficient (Wildman–Crippen LogP) is 2.80. The van der Waals surface area contributed by atoms with E-state index in [4.69, 9.17) is 4.74 Å². The molecule has 0 aromatic carbocycles. The van der Waals surface area contributed by atoms with E-state index in [1.807, 2.05) is 12.1 Å². The Morgan fingerprint density at radius 3 is 3.04 bits per heavy atom. The van der Waals surface area contributed by atoms with Crippen molar-refractivity contribution in [3.63, 3.8) is 0 Å². The van der Waals surface area contributed by atoms with Crippen molar-refractivity contribution in [3.8, 4) is 5.88 Å². The molecule has 2 heterocycles. The van der Waals surface area contributed by atoms with E-state index in [0.29, 0.717) is 19.0 Å². The normalized spacial score (nSPS) is 18.6. The average molecular weight is 362 g/mol. The minimum absolute atomic E-state index is 0.649. The Labute approximate surface area is 158 Å². The van der Waals surface area contributed by atoms with Crippen LogP contribution in [0, 0.1) is 0 Å². The predicted molar refractivity (Wildman–Crippen MR) is 108 cm³/mol. The number of aromatic nitrogens is 1. The maximum Gasteiger partial charge on any atom is 0.218 e. The van der Waals surface area contributed by atoms with Gasteiger partial charge in [0, 0.05) is 44.5 Å². The van der Waals surface area contributed by atoms with E-state index in [-0.39, 0.29) is 0 Å². The van der Waals surface area contributed by atoms with Crippen molar-refractivity contribution in [1.29, 1.82) is 0 Å². The van der Waals surface area contributed by atoms with E-state index in [1.54, 1.807) is 13.2 Å². The van der Waals surface area contributed by atoms with Crippen LogP contribution in [0.2, 0.25) is 0 Å². The molecule has 6 nitrogen and oxygen atoms in total. The largest absolute Gasteiger partial charge is 0.477 e. The molecule has 2 N–H and O–H groups in total. The molecule has 1 atom stereocenters. The van der Waals surface area contributed by atoms with Crippen molar-refractivity contribution in [2.24, 2.45) is 4.99 Å². The van der Waals surface area contributed by atoms with Crippen molar-refractivity contribution < 1.29 is 4.74 Å². The van der Waals surface area contributed by atoms with Crippen molar-refractivity contribution in [3.05, 3.63) is 23.9 Å². The van der Waals surface area contributed by atoms with Crippen LogP contribution in [0.4, 0.5) is 0 Å². The molecule has 2 rings (SSSR count). The van der Waals surface area contributed by atoms with Crippen LogP contribution in [0.5, 0.6) is 5.88 Å². The smallest absolute Gasteiger partial charge is 0.218 e. The standard InChI is InChI=1S/C20H35N5O/c1-4-15-26-19-18(10-7-11-22-19)16-24-20(21-3)23-12-8-14-25-13-6-5-9-17(25)2/h7,10-11,17H,4-6,8-9,12-16H2,1-3H3,(H2,21,23,24). The molecule has 1 aromatic rings. The van der Waals surface area contributed by atoms with Gasteiger partial charge in [-0.1, -0.05) is 19.4 Å². The molecule has 1 aliphatic rings. The third kappa shape index (κ3) is 6.83. The lowest BCUT2D eigenvalue weighted by Crippen LogP contribution is -2.41. The Balaban J connectivity index is 1.71. The molecule has 0 spiro atoms. The topological polar surface area (TPSA) is 61.8 Å². The number of ether oxygens (including phenoxy) is 1. The maximum atomic E-state index is 5.71. The molecule has 0 radical (unpaired) electrons. The number of piperidine rings is 1. The average Bonchev–Trinajstić information content (AvgIpc) is 2.67. The van der Waals surface area contributed by atoms with Crippen LogP contribution < -0.4 is 15.4 Å². The van der Waals surface area contributed by atoms with E-state index in [2.05, 4.69) is 39.4 Å². The molecule has 26 heavy (non-hydrogen) atoms. The third-order valence-corrected chi connectivity index (χ3v) is 4.82. The highest BCUT2D eigenvalue weighted by Gasteiger charge is 2.17. The highest BCUT2D eigenvalue weighted by Crippen LogP contribution is 2.16. The summed E-state index contributed by atoms with van der Waals surface area (Å²) in [6.45, 7) is 9.10. The zero-order valence-electron chi connectivity index (χ0n) is 16.6. The molecule has 1 unspecified atom stereocenters. The monoisotopic (exact) mass is 361 g/mol. The lowest BCUT2D eigenvalue weighted by molar-refractivity contribution is 0.159. The Morgan fingerprint density at radius 2 is 2.27 bits per heavy atom. The number of likely N-dealkylation sites (tertiary alicyclic amines) is 1. The van der Waals surface area contributed by atoms with Crippen LogP contribution in [0.15, 0.2) is 23.3 Å². The number of hydrogen-bond donors (Lipinski definition) is 2. The molecule has 0 saturated carbocycles. The first kappa shape index (κ1) is 20.5. The number of nitrogens with zero attached hydrogens (tertiary/aromatic N) is 3. The summed E-state index contributed by atoms with van der Waals surface area (Å²) >= 11 is 0. The minimum Gasteiger partial charge on any atom is -0.477 e. The first-order chi connectivity index (χ1) is 12.7. The van der Waals surface area contributed by atoms with Crippen molar-refractivity contribution >= 4 is 5.96 Å². The summed E-state index contributed by atoms with van der Waals surface area (Å²) in [5, 5.41) is 6.76. The second kappa shape index (κ2) is 11.7. The van der Waals surface area contributed by atoms with Gasteiger partial charge in [0.15, 0.2) is 5.96 Å². The van der Waals surface area contributed by atoms with E-state index in [1.165, 1.54) is 25.8 Å². The van der Waals surface area contributed by atoms with Crippen LogP contribution in [0.3, 0.4) is 0 Å². The van der Waals surface area contributed by atoms with Crippen LogP contribution in [0.25, 0.3) is 0 Å². The molecule has 1 aliphatic heterocycles. The highest BCUT2D eigenvalue weighted by molar-refractivity contribution is 5.79. The molecule has 1 fully saturated rings. The van der Waals surface area contributed by atoms with Gasteiger partial charge in [-0.05, 0) is 45.2 Å². The summed E-state index contributed by atoms with van der Waals surface area (Å²) in [6, 6.07) is 4.70. The van der Waals surface area contributed by atoms with E-state index < -0.39 is 0 Å². The summed E-state index contributed by atoms with van der Waals surface area (Å²) in [5.41, 5.74) is 1.05. The molecular weight excluding hydrogens is 326 g/mol. The molecule has 0 bridgehead atoms. The minimum atomic E-state index is 0.649. The fourth-order valence-corrected chi connectivity index (χ4v) is 3.27. The van der Waals surface area contributed by atoms with Gasteiger partial charge in [0.1, 0.15) is 0 Å². The van der Waals surface area contributed by atoms with Crippen molar-refractivity contribution in [2.45, 2.75) is 58.5 Å². The Kier molecular flexibility index (Phi) is 9.24. The summed E-state index contributed by atoms with van der Waals surface area (Å²) in [7, 11) is 1.81. The number of guanidine groups is 1. The first-order valence-corrected chi connectivity index (χ1v) is 9.99. The summed E-state index contributed by atoms with van der Waals surface area (Å²) in [6.07, 6.45) is 7.93. The number of aliphatic imine (C=N–C) groups is 1. The van der Waals surface area contributed by atoms with Crippen LogP contribution in [0.1, 0.15) is 51.5 Å². The molecule has 0 amide bonds. The highest BCUT2D eigenvalue weighted by atomic mass is 16.5. The fraction of sp³-hybridized carbons (Fsp3) is 0.700.